The van der Waals surface area contributed by atoms with Gasteiger partial charge < -0.3 is 9.47 Å². The molecule has 0 saturated carbocycles. The number of benzene rings is 2. The van der Waals surface area contributed by atoms with Crippen molar-refractivity contribution in [2.75, 3.05) is 11.4 Å². The standard InChI is InChI=1S/C23H18N6S/c1-2-7-16(8-3-1)22-27-26-20-15-28(12-13-29(20)22)23-17-9-4-5-10-18(17)24-21(25-23)19-11-6-14-30-19/h1-11,14H,12-13,15H2. The van der Waals surface area contributed by atoms with Crippen LogP contribution in [0.15, 0.2) is 72.1 Å². The molecule has 0 aliphatic carbocycles. The van der Waals surface area contributed by atoms with Gasteiger partial charge in [-0.15, -0.1) is 21.5 Å². The summed E-state index contributed by atoms with van der Waals surface area (Å²) >= 11 is 1.66. The summed E-state index contributed by atoms with van der Waals surface area (Å²) in [5.41, 5.74) is 2.06. The van der Waals surface area contributed by atoms with Gasteiger partial charge in [0.15, 0.2) is 17.5 Å². The highest BCUT2D eigenvalue weighted by Crippen LogP contribution is 2.32. The summed E-state index contributed by atoms with van der Waals surface area (Å²) in [4.78, 5) is 13.1. The lowest BCUT2D eigenvalue weighted by Crippen LogP contribution is -2.34. The van der Waals surface area contributed by atoms with Crippen molar-refractivity contribution in [2.24, 2.45) is 0 Å². The molecule has 1 aliphatic heterocycles. The maximum absolute atomic E-state index is 4.97. The fraction of sp³-hybridized carbons (Fsp3) is 0.130. The lowest BCUT2D eigenvalue weighted by Gasteiger charge is -2.29. The summed E-state index contributed by atoms with van der Waals surface area (Å²) in [6, 6.07) is 22.6. The second kappa shape index (κ2) is 7.03. The number of aromatic nitrogens is 5. The summed E-state index contributed by atoms with van der Waals surface area (Å²) < 4.78 is 2.22. The normalized spacial score (nSPS) is 13.5. The van der Waals surface area contributed by atoms with Crippen LogP contribution in [-0.4, -0.2) is 31.3 Å². The first-order chi connectivity index (χ1) is 14.9. The van der Waals surface area contributed by atoms with E-state index in [1.54, 1.807) is 11.3 Å². The van der Waals surface area contributed by atoms with Gasteiger partial charge in [0.2, 0.25) is 0 Å². The highest BCUT2D eigenvalue weighted by molar-refractivity contribution is 7.13. The molecule has 0 saturated heterocycles. The first-order valence-corrected chi connectivity index (χ1v) is 10.8. The van der Waals surface area contributed by atoms with Gasteiger partial charge in [0.25, 0.3) is 0 Å². The molecule has 0 amide bonds. The van der Waals surface area contributed by atoms with Gasteiger partial charge in [0, 0.05) is 24.0 Å². The minimum absolute atomic E-state index is 0.671. The van der Waals surface area contributed by atoms with E-state index in [0.29, 0.717) is 6.54 Å². The van der Waals surface area contributed by atoms with Crippen molar-refractivity contribution < 1.29 is 0 Å². The van der Waals surface area contributed by atoms with E-state index in [4.69, 9.17) is 9.97 Å². The van der Waals surface area contributed by atoms with E-state index in [9.17, 15) is 0 Å². The average molecular weight is 411 g/mol. The molecule has 7 heteroatoms. The number of nitrogens with zero attached hydrogens (tertiary/aromatic N) is 6. The van der Waals surface area contributed by atoms with Gasteiger partial charge in [-0.2, -0.15) is 0 Å². The number of rotatable bonds is 3. The van der Waals surface area contributed by atoms with Crippen molar-refractivity contribution in [2.45, 2.75) is 13.1 Å². The molecule has 6 rings (SSSR count). The number of anilines is 1. The first kappa shape index (κ1) is 17.3. The van der Waals surface area contributed by atoms with Gasteiger partial charge in [-0.25, -0.2) is 9.97 Å². The van der Waals surface area contributed by atoms with Gasteiger partial charge in [-0.1, -0.05) is 48.5 Å². The summed E-state index contributed by atoms with van der Waals surface area (Å²) in [5, 5.41) is 12.1. The highest BCUT2D eigenvalue weighted by Gasteiger charge is 2.24. The zero-order chi connectivity index (χ0) is 19.9. The van der Waals surface area contributed by atoms with Crippen LogP contribution in [0.25, 0.3) is 33.0 Å². The molecule has 0 fully saturated rings. The summed E-state index contributed by atoms with van der Waals surface area (Å²) in [6.07, 6.45) is 0. The van der Waals surface area contributed by atoms with Crippen molar-refractivity contribution >= 4 is 28.1 Å². The van der Waals surface area contributed by atoms with Crippen LogP contribution in [0.1, 0.15) is 5.82 Å². The molecular formula is C23H18N6S. The van der Waals surface area contributed by atoms with Gasteiger partial charge in [0.1, 0.15) is 5.82 Å². The fourth-order valence-electron chi connectivity index (χ4n) is 3.96. The van der Waals surface area contributed by atoms with Gasteiger partial charge in [0.05, 0.1) is 16.9 Å². The Morgan fingerprint density at radius 1 is 0.800 bits per heavy atom. The molecule has 4 heterocycles. The molecule has 3 aromatic heterocycles. The molecule has 0 radical (unpaired) electrons. The molecule has 0 unspecified atom stereocenters. The molecule has 0 spiro atoms. The van der Waals surface area contributed by atoms with Crippen LogP contribution in [0.4, 0.5) is 5.82 Å². The van der Waals surface area contributed by atoms with E-state index in [0.717, 1.165) is 57.7 Å². The Kier molecular flexibility index (Phi) is 4.06. The Balaban J connectivity index is 1.42. The summed E-state index contributed by atoms with van der Waals surface area (Å²) in [6.45, 7) is 2.33. The fourth-order valence-corrected chi connectivity index (χ4v) is 4.61. The number of para-hydroxylation sites is 1. The minimum atomic E-state index is 0.671. The number of hydrogen-bond donors (Lipinski definition) is 0. The topological polar surface area (TPSA) is 59.7 Å². The molecule has 146 valence electrons. The van der Waals surface area contributed by atoms with E-state index < -0.39 is 0 Å². The van der Waals surface area contributed by atoms with Crippen molar-refractivity contribution in [3.05, 3.63) is 77.9 Å². The van der Waals surface area contributed by atoms with Crippen molar-refractivity contribution in [3.8, 4) is 22.1 Å². The highest BCUT2D eigenvalue weighted by atomic mass is 32.1. The lowest BCUT2D eigenvalue weighted by atomic mass is 10.2. The third-order valence-corrected chi connectivity index (χ3v) is 6.28. The SMILES string of the molecule is c1ccc(-c2nnc3n2CCN(c2nc(-c4cccs4)nc4ccccc24)C3)cc1. The van der Waals surface area contributed by atoms with Crippen molar-refractivity contribution in [3.63, 3.8) is 0 Å². The first-order valence-electron chi connectivity index (χ1n) is 9.90. The molecule has 6 nitrogen and oxygen atoms in total. The predicted molar refractivity (Wildman–Crippen MR) is 119 cm³/mol. The third-order valence-electron chi connectivity index (χ3n) is 5.41. The Labute approximate surface area is 177 Å². The van der Waals surface area contributed by atoms with Crippen LogP contribution in [0.5, 0.6) is 0 Å². The van der Waals surface area contributed by atoms with E-state index in [1.165, 1.54) is 0 Å². The Hall–Kier alpha value is -3.58. The van der Waals surface area contributed by atoms with E-state index in [-0.39, 0.29) is 0 Å². The maximum Gasteiger partial charge on any atom is 0.172 e. The molecule has 0 N–H and O–H groups in total. The zero-order valence-electron chi connectivity index (χ0n) is 16.1. The molecule has 5 aromatic rings. The van der Waals surface area contributed by atoms with Crippen molar-refractivity contribution in [1.82, 2.24) is 24.7 Å². The molecular weight excluding hydrogens is 392 g/mol. The molecule has 30 heavy (non-hydrogen) atoms. The van der Waals surface area contributed by atoms with Gasteiger partial charge in [-0.05, 0) is 23.6 Å². The quantitative estimate of drug-likeness (QED) is 0.434. The van der Waals surface area contributed by atoms with E-state index in [2.05, 4.69) is 55.4 Å². The second-order valence-corrected chi connectivity index (χ2v) is 8.19. The second-order valence-electron chi connectivity index (χ2n) is 7.24. The average Bonchev–Trinajstić information content (AvgIpc) is 3.49. The largest absolute Gasteiger partial charge is 0.347 e. The lowest BCUT2D eigenvalue weighted by molar-refractivity contribution is 0.561. The number of fused-ring (bicyclic) bond motifs is 2. The van der Waals surface area contributed by atoms with Gasteiger partial charge >= 0.3 is 0 Å². The monoisotopic (exact) mass is 410 g/mol. The maximum atomic E-state index is 4.97. The Morgan fingerprint density at radius 3 is 2.53 bits per heavy atom. The van der Waals surface area contributed by atoms with Crippen LogP contribution in [0.3, 0.4) is 0 Å². The van der Waals surface area contributed by atoms with Crippen LogP contribution < -0.4 is 4.90 Å². The number of hydrogen-bond acceptors (Lipinski definition) is 6. The summed E-state index contributed by atoms with van der Waals surface area (Å²) in [7, 11) is 0. The van der Waals surface area contributed by atoms with Gasteiger partial charge in [-0.3, -0.25) is 0 Å². The smallest absolute Gasteiger partial charge is 0.172 e. The van der Waals surface area contributed by atoms with Crippen LogP contribution >= 0.6 is 11.3 Å². The van der Waals surface area contributed by atoms with Crippen molar-refractivity contribution in [1.29, 1.82) is 0 Å². The molecule has 2 aromatic carbocycles. The Bertz CT molecular complexity index is 1330. The van der Waals surface area contributed by atoms with Crippen LogP contribution in [0, 0.1) is 0 Å². The van der Waals surface area contributed by atoms with E-state index in [1.807, 2.05) is 36.4 Å². The molecule has 1 aliphatic rings. The van der Waals surface area contributed by atoms with Crippen LogP contribution in [-0.2, 0) is 13.1 Å². The predicted octanol–water partition coefficient (Wildman–Crippen LogP) is 4.64. The number of thiophene rings is 1. The third kappa shape index (κ3) is 2.86. The Morgan fingerprint density at radius 2 is 1.67 bits per heavy atom. The molecule has 0 atom stereocenters. The minimum Gasteiger partial charge on any atom is -0.347 e. The molecule has 0 bridgehead atoms. The summed E-state index contributed by atoms with van der Waals surface area (Å²) in [5.74, 6) is 3.62. The zero-order valence-corrected chi connectivity index (χ0v) is 17.0. The van der Waals surface area contributed by atoms with Crippen LogP contribution in [0.2, 0.25) is 0 Å². The van der Waals surface area contributed by atoms with E-state index >= 15 is 0 Å².